The maximum atomic E-state index is 5.64. The first-order valence-corrected chi connectivity index (χ1v) is 5.23. The van der Waals surface area contributed by atoms with Crippen molar-refractivity contribution >= 4 is 52.4 Å². The topological polar surface area (TPSA) is 41.8 Å². The summed E-state index contributed by atoms with van der Waals surface area (Å²) in [5.41, 5.74) is 7.26. The van der Waals surface area contributed by atoms with Gasteiger partial charge in [-0.05, 0) is 30.4 Å². The molecular weight excluding hydrogens is 220 g/mol. The summed E-state index contributed by atoms with van der Waals surface area (Å²) in [5.74, 6) is 0. The van der Waals surface area contributed by atoms with Gasteiger partial charge in [0.05, 0.1) is 5.52 Å². The van der Waals surface area contributed by atoms with Crippen molar-refractivity contribution in [2.75, 3.05) is 5.73 Å². The highest BCUT2D eigenvalue weighted by molar-refractivity contribution is 7.76. The van der Waals surface area contributed by atoms with E-state index < -0.39 is 0 Å². The maximum absolute atomic E-state index is 5.64. The van der Waals surface area contributed by atoms with Gasteiger partial charge in [-0.2, -0.15) is 0 Å². The van der Waals surface area contributed by atoms with E-state index in [-0.39, 0.29) is 0 Å². The zero-order valence-electron chi connectivity index (χ0n) is 6.53. The molecule has 0 atom stereocenters. The predicted octanol–water partition coefficient (Wildman–Crippen LogP) is 3.27. The molecule has 66 valence electrons. The molecule has 0 saturated heterocycles. The zero-order valence-corrected chi connectivity index (χ0v) is 8.98. The highest BCUT2D eigenvalue weighted by Crippen LogP contribution is 2.19. The van der Waals surface area contributed by atoms with Crippen LogP contribution in [0.5, 0.6) is 0 Å². The van der Waals surface area contributed by atoms with E-state index in [4.69, 9.17) is 30.2 Å². The SMILES string of the molecule is Nc1ccc2c(=S)sc(=S)[nH]c2c1. The Bertz CT molecular complexity index is 567. The second-order valence-corrected chi connectivity index (χ2v) is 4.96. The summed E-state index contributed by atoms with van der Waals surface area (Å²) in [6.07, 6.45) is 0. The normalized spacial score (nSPS) is 10.5. The van der Waals surface area contributed by atoms with E-state index in [0.29, 0.717) is 9.64 Å². The van der Waals surface area contributed by atoms with E-state index in [1.807, 2.05) is 18.2 Å². The largest absolute Gasteiger partial charge is 0.399 e. The number of anilines is 1. The Morgan fingerprint density at radius 1 is 1.31 bits per heavy atom. The summed E-state index contributed by atoms with van der Waals surface area (Å²) in [4.78, 5) is 3.06. The summed E-state index contributed by atoms with van der Waals surface area (Å²) in [6.45, 7) is 0. The van der Waals surface area contributed by atoms with E-state index in [9.17, 15) is 0 Å². The van der Waals surface area contributed by atoms with Gasteiger partial charge in [-0.25, -0.2) is 0 Å². The molecule has 2 rings (SSSR count). The predicted molar refractivity (Wildman–Crippen MR) is 62.3 cm³/mol. The van der Waals surface area contributed by atoms with Crippen molar-refractivity contribution in [3.05, 3.63) is 26.0 Å². The third-order valence-electron chi connectivity index (χ3n) is 1.69. The Labute approximate surface area is 89.0 Å². The summed E-state index contributed by atoms with van der Waals surface area (Å²) in [7, 11) is 0. The lowest BCUT2D eigenvalue weighted by atomic mass is 10.2. The van der Waals surface area contributed by atoms with Crippen molar-refractivity contribution in [2.45, 2.75) is 0 Å². The molecule has 0 spiro atoms. The number of fused-ring (bicyclic) bond motifs is 1. The van der Waals surface area contributed by atoms with Crippen LogP contribution in [0.25, 0.3) is 10.9 Å². The van der Waals surface area contributed by atoms with Gasteiger partial charge in [-0.15, -0.1) is 0 Å². The first-order valence-electron chi connectivity index (χ1n) is 3.59. The van der Waals surface area contributed by atoms with Crippen LogP contribution in [0.2, 0.25) is 0 Å². The number of hydrogen-bond acceptors (Lipinski definition) is 4. The van der Waals surface area contributed by atoms with Crippen LogP contribution in [0, 0.1) is 7.78 Å². The monoisotopic (exact) mass is 226 g/mol. The number of nitrogens with one attached hydrogen (secondary N) is 1. The zero-order chi connectivity index (χ0) is 9.42. The molecule has 1 aromatic heterocycles. The summed E-state index contributed by atoms with van der Waals surface area (Å²) < 4.78 is 1.49. The van der Waals surface area contributed by atoms with Gasteiger partial charge >= 0.3 is 0 Å². The summed E-state index contributed by atoms with van der Waals surface area (Å²) in [5, 5.41) is 1.00. The minimum atomic E-state index is 0.683. The molecule has 0 aliphatic heterocycles. The number of nitrogen functional groups attached to an aromatic ring is 1. The molecule has 3 N–H and O–H groups in total. The third-order valence-corrected chi connectivity index (χ3v) is 3.20. The van der Waals surface area contributed by atoms with Crippen LogP contribution in [0.1, 0.15) is 0 Å². The standard InChI is InChI=1S/C8H6N2S3/c9-4-1-2-5-6(3-4)10-8(12)13-7(5)11/h1-3H,9H2,(H,10,12). The van der Waals surface area contributed by atoms with Gasteiger partial charge < -0.3 is 10.7 Å². The number of aromatic nitrogens is 1. The highest BCUT2D eigenvalue weighted by atomic mass is 32.2. The number of rotatable bonds is 0. The lowest BCUT2D eigenvalue weighted by Crippen LogP contribution is -1.85. The van der Waals surface area contributed by atoms with Gasteiger partial charge in [-0.1, -0.05) is 23.6 Å². The number of aromatic amines is 1. The fourth-order valence-electron chi connectivity index (χ4n) is 1.12. The van der Waals surface area contributed by atoms with Crippen molar-refractivity contribution in [2.24, 2.45) is 0 Å². The van der Waals surface area contributed by atoms with Crippen LogP contribution in [0.3, 0.4) is 0 Å². The lowest BCUT2D eigenvalue weighted by Gasteiger charge is -1.98. The molecule has 0 aliphatic rings. The van der Waals surface area contributed by atoms with Gasteiger partial charge in [0, 0.05) is 11.1 Å². The van der Waals surface area contributed by atoms with Gasteiger partial charge in [0.1, 0.15) is 3.82 Å². The minimum Gasteiger partial charge on any atom is -0.399 e. The second kappa shape index (κ2) is 3.17. The van der Waals surface area contributed by atoms with Crippen molar-refractivity contribution in [3.8, 4) is 0 Å². The van der Waals surface area contributed by atoms with E-state index in [1.54, 1.807) is 0 Å². The molecule has 0 aliphatic carbocycles. The fourth-order valence-corrected chi connectivity index (χ4v) is 2.68. The Morgan fingerprint density at radius 2 is 2.08 bits per heavy atom. The minimum absolute atomic E-state index is 0.683. The molecule has 0 fully saturated rings. The van der Waals surface area contributed by atoms with Gasteiger partial charge in [0.2, 0.25) is 0 Å². The van der Waals surface area contributed by atoms with Crippen LogP contribution >= 0.6 is 35.8 Å². The van der Waals surface area contributed by atoms with Crippen LogP contribution in [0.15, 0.2) is 18.2 Å². The molecule has 5 heteroatoms. The Balaban J connectivity index is 3.03. The second-order valence-electron chi connectivity index (χ2n) is 2.61. The van der Waals surface area contributed by atoms with Crippen molar-refractivity contribution in [3.63, 3.8) is 0 Å². The van der Waals surface area contributed by atoms with E-state index in [1.165, 1.54) is 11.3 Å². The van der Waals surface area contributed by atoms with Crippen molar-refractivity contribution < 1.29 is 0 Å². The van der Waals surface area contributed by atoms with E-state index >= 15 is 0 Å². The van der Waals surface area contributed by atoms with Gasteiger partial charge in [0.15, 0.2) is 3.95 Å². The van der Waals surface area contributed by atoms with E-state index in [2.05, 4.69) is 4.98 Å². The Morgan fingerprint density at radius 3 is 2.85 bits per heavy atom. The first kappa shape index (κ1) is 8.80. The number of nitrogens with two attached hydrogens (primary N) is 1. The average Bonchev–Trinajstić information content (AvgIpc) is 2.02. The van der Waals surface area contributed by atoms with Crippen molar-refractivity contribution in [1.82, 2.24) is 4.98 Å². The highest BCUT2D eigenvalue weighted by Gasteiger charge is 1.96. The molecule has 1 heterocycles. The molecule has 0 amide bonds. The van der Waals surface area contributed by atoms with Crippen LogP contribution in [-0.2, 0) is 0 Å². The van der Waals surface area contributed by atoms with Crippen LogP contribution < -0.4 is 5.73 Å². The Hall–Kier alpha value is -0.780. The average molecular weight is 226 g/mol. The number of H-pyrrole nitrogens is 1. The lowest BCUT2D eigenvalue weighted by molar-refractivity contribution is 1.45. The molecule has 0 unspecified atom stereocenters. The van der Waals surface area contributed by atoms with E-state index in [0.717, 1.165) is 14.7 Å². The molecule has 1 aromatic carbocycles. The fraction of sp³-hybridized carbons (Fsp3) is 0. The molecule has 2 aromatic rings. The summed E-state index contributed by atoms with van der Waals surface area (Å²) >= 11 is 11.6. The summed E-state index contributed by atoms with van der Waals surface area (Å²) in [6, 6.07) is 5.59. The van der Waals surface area contributed by atoms with Crippen LogP contribution in [0.4, 0.5) is 5.69 Å². The molecule has 2 nitrogen and oxygen atoms in total. The maximum Gasteiger partial charge on any atom is 0.160 e. The van der Waals surface area contributed by atoms with Gasteiger partial charge in [-0.3, -0.25) is 0 Å². The van der Waals surface area contributed by atoms with Gasteiger partial charge in [0.25, 0.3) is 0 Å². The quantitative estimate of drug-likeness (QED) is 0.535. The third kappa shape index (κ3) is 1.63. The molecule has 13 heavy (non-hydrogen) atoms. The number of benzene rings is 1. The smallest absolute Gasteiger partial charge is 0.160 e. The molecule has 0 bridgehead atoms. The molecular formula is C8H6N2S3. The van der Waals surface area contributed by atoms with Crippen molar-refractivity contribution in [1.29, 1.82) is 0 Å². The number of hydrogen-bond donors (Lipinski definition) is 2. The Kier molecular flexibility index (Phi) is 2.15. The molecule has 0 saturated carbocycles. The molecule has 0 radical (unpaired) electrons. The van der Waals surface area contributed by atoms with Crippen LogP contribution in [-0.4, -0.2) is 4.98 Å². The first-order chi connectivity index (χ1) is 6.16.